The zero-order valence-electron chi connectivity index (χ0n) is 19.3. The van der Waals surface area contributed by atoms with E-state index in [2.05, 4.69) is 5.32 Å². The molecule has 2 atom stereocenters. The van der Waals surface area contributed by atoms with Crippen LogP contribution in [0.4, 0.5) is 0 Å². The lowest BCUT2D eigenvalue weighted by molar-refractivity contribution is 0.0852. The van der Waals surface area contributed by atoms with E-state index < -0.39 is 12.1 Å². The molecule has 5 heteroatoms. The first-order valence-corrected chi connectivity index (χ1v) is 11.6. The van der Waals surface area contributed by atoms with Crippen LogP contribution in [-0.4, -0.2) is 27.0 Å². The molecule has 0 spiro atoms. The van der Waals surface area contributed by atoms with Crippen molar-refractivity contribution in [3.05, 3.63) is 120 Å². The zero-order chi connectivity index (χ0) is 24.2. The van der Waals surface area contributed by atoms with Gasteiger partial charge in [-0.2, -0.15) is 0 Å². The number of nitrogens with one attached hydrogen (secondary N) is 1. The number of aromatic nitrogens is 2. The van der Waals surface area contributed by atoms with Gasteiger partial charge in [-0.15, -0.1) is 0 Å². The van der Waals surface area contributed by atoms with Crippen molar-refractivity contribution in [3.8, 4) is 22.5 Å². The first kappa shape index (κ1) is 22.4. The fraction of sp³-hybridized carbons (Fsp3) is 0.100. The van der Waals surface area contributed by atoms with Crippen molar-refractivity contribution in [1.82, 2.24) is 15.3 Å². The summed E-state index contributed by atoms with van der Waals surface area (Å²) in [5, 5.41) is 13.5. The largest absolute Gasteiger partial charge is 0.386 e. The fourth-order valence-electron chi connectivity index (χ4n) is 4.10. The average Bonchev–Trinajstić information content (AvgIpc) is 2.93. The van der Waals surface area contributed by atoms with Crippen LogP contribution in [0.2, 0.25) is 0 Å². The number of nitrogens with zero attached hydrogens (tertiary/aromatic N) is 2. The molecule has 1 heterocycles. The topological polar surface area (TPSA) is 75.1 Å². The van der Waals surface area contributed by atoms with Crippen LogP contribution < -0.4 is 5.32 Å². The Morgan fingerprint density at radius 2 is 1.23 bits per heavy atom. The molecule has 0 fully saturated rings. The first-order chi connectivity index (χ1) is 17.1. The molecule has 5 aromatic rings. The van der Waals surface area contributed by atoms with Crippen molar-refractivity contribution in [3.63, 3.8) is 0 Å². The maximum atomic E-state index is 13.0. The molecule has 4 aromatic carbocycles. The second-order valence-corrected chi connectivity index (χ2v) is 8.47. The summed E-state index contributed by atoms with van der Waals surface area (Å²) in [5.74, 6) is -0.274. The van der Waals surface area contributed by atoms with E-state index in [1.807, 2.05) is 97.1 Å². The van der Waals surface area contributed by atoms with Gasteiger partial charge < -0.3 is 10.4 Å². The summed E-state index contributed by atoms with van der Waals surface area (Å²) in [6.45, 7) is 1.79. The summed E-state index contributed by atoms with van der Waals surface area (Å²) >= 11 is 0. The Balaban J connectivity index is 1.49. The molecule has 0 aliphatic carbocycles. The van der Waals surface area contributed by atoms with Gasteiger partial charge in [0.25, 0.3) is 5.91 Å². The SMILES string of the molecule is C[C@H](NC(=O)c1ccc2nc(-c3ccccc3)c(-c3ccccc3)nc2c1)[C@H](O)c1ccccc1. The van der Waals surface area contributed by atoms with Gasteiger partial charge in [0.1, 0.15) is 0 Å². The van der Waals surface area contributed by atoms with Gasteiger partial charge >= 0.3 is 0 Å². The van der Waals surface area contributed by atoms with Crippen LogP contribution in [0.5, 0.6) is 0 Å². The molecule has 1 aromatic heterocycles. The zero-order valence-corrected chi connectivity index (χ0v) is 19.3. The van der Waals surface area contributed by atoms with E-state index in [9.17, 15) is 9.90 Å². The number of carbonyl (C=O) groups excluding carboxylic acids is 1. The number of hydrogen-bond acceptors (Lipinski definition) is 4. The van der Waals surface area contributed by atoms with Gasteiger partial charge in [-0.1, -0.05) is 91.0 Å². The molecular formula is C30H25N3O2. The first-order valence-electron chi connectivity index (χ1n) is 11.6. The van der Waals surface area contributed by atoms with Gasteiger partial charge in [0.05, 0.1) is 34.6 Å². The molecule has 5 rings (SSSR count). The van der Waals surface area contributed by atoms with Crippen molar-refractivity contribution >= 4 is 16.9 Å². The Labute approximate surface area is 204 Å². The van der Waals surface area contributed by atoms with Gasteiger partial charge in [-0.25, -0.2) is 9.97 Å². The smallest absolute Gasteiger partial charge is 0.251 e. The minimum Gasteiger partial charge on any atom is -0.386 e. The highest BCUT2D eigenvalue weighted by Gasteiger charge is 2.20. The predicted molar refractivity (Wildman–Crippen MR) is 139 cm³/mol. The van der Waals surface area contributed by atoms with Crippen molar-refractivity contribution in [2.24, 2.45) is 0 Å². The molecule has 35 heavy (non-hydrogen) atoms. The molecule has 2 N–H and O–H groups in total. The maximum absolute atomic E-state index is 13.0. The fourth-order valence-corrected chi connectivity index (χ4v) is 4.10. The molecule has 0 bridgehead atoms. The van der Waals surface area contributed by atoms with Crippen LogP contribution in [0.15, 0.2) is 109 Å². The van der Waals surface area contributed by atoms with E-state index in [1.54, 1.807) is 19.1 Å². The van der Waals surface area contributed by atoms with E-state index in [0.29, 0.717) is 16.6 Å². The van der Waals surface area contributed by atoms with Gasteiger partial charge in [0.15, 0.2) is 0 Å². The molecule has 0 saturated carbocycles. The maximum Gasteiger partial charge on any atom is 0.251 e. The average molecular weight is 460 g/mol. The number of aliphatic hydroxyl groups excluding tert-OH is 1. The lowest BCUT2D eigenvalue weighted by Crippen LogP contribution is -2.37. The van der Waals surface area contributed by atoms with Crippen molar-refractivity contribution in [2.45, 2.75) is 19.1 Å². The Kier molecular flexibility index (Phi) is 6.33. The van der Waals surface area contributed by atoms with Crippen molar-refractivity contribution in [1.29, 1.82) is 0 Å². The number of rotatable bonds is 6. The second kappa shape index (κ2) is 9.87. The van der Waals surface area contributed by atoms with Gasteiger partial charge in [0.2, 0.25) is 0 Å². The Morgan fingerprint density at radius 1 is 0.714 bits per heavy atom. The normalized spacial score (nSPS) is 12.7. The van der Waals surface area contributed by atoms with Crippen LogP contribution in [0.3, 0.4) is 0 Å². The highest BCUT2D eigenvalue weighted by Crippen LogP contribution is 2.31. The van der Waals surface area contributed by atoms with E-state index in [0.717, 1.165) is 28.1 Å². The van der Waals surface area contributed by atoms with Crippen LogP contribution in [0.25, 0.3) is 33.5 Å². The number of benzene rings is 4. The predicted octanol–water partition coefficient (Wildman–Crippen LogP) is 5.82. The standard InChI is InChI=1S/C30H25N3O2/c1-20(29(34)23-15-9-4-10-16-23)31-30(35)24-17-18-25-26(19-24)33-28(22-13-7-3-8-14-22)27(32-25)21-11-5-2-6-12-21/h2-20,29,34H,1H3,(H,31,35)/t20-,29-/m0/s1. The molecule has 0 radical (unpaired) electrons. The third-order valence-corrected chi connectivity index (χ3v) is 5.99. The van der Waals surface area contributed by atoms with E-state index in [4.69, 9.17) is 9.97 Å². The highest BCUT2D eigenvalue weighted by atomic mass is 16.3. The second-order valence-electron chi connectivity index (χ2n) is 8.47. The molecule has 0 aliphatic heterocycles. The van der Waals surface area contributed by atoms with Crippen molar-refractivity contribution < 1.29 is 9.90 Å². The number of aliphatic hydroxyl groups is 1. The van der Waals surface area contributed by atoms with E-state index in [1.165, 1.54) is 0 Å². The Bertz CT molecular complexity index is 1460. The molecular weight excluding hydrogens is 434 g/mol. The summed E-state index contributed by atoms with van der Waals surface area (Å²) < 4.78 is 0. The molecule has 1 amide bonds. The molecule has 172 valence electrons. The van der Waals surface area contributed by atoms with Gasteiger partial charge in [-0.3, -0.25) is 4.79 Å². The Morgan fingerprint density at radius 3 is 1.80 bits per heavy atom. The van der Waals surface area contributed by atoms with E-state index in [-0.39, 0.29) is 5.91 Å². The third-order valence-electron chi connectivity index (χ3n) is 5.99. The lowest BCUT2D eigenvalue weighted by atomic mass is 10.0. The highest BCUT2D eigenvalue weighted by molar-refractivity contribution is 5.98. The van der Waals surface area contributed by atoms with Gasteiger partial charge in [-0.05, 0) is 30.7 Å². The summed E-state index contributed by atoms with van der Waals surface area (Å²) in [4.78, 5) is 22.9. The minimum atomic E-state index is -0.807. The molecule has 0 saturated heterocycles. The summed E-state index contributed by atoms with van der Waals surface area (Å²) in [6, 6.07) is 34.0. The van der Waals surface area contributed by atoms with Crippen LogP contribution in [0.1, 0.15) is 28.9 Å². The van der Waals surface area contributed by atoms with Crippen LogP contribution >= 0.6 is 0 Å². The van der Waals surface area contributed by atoms with Crippen molar-refractivity contribution in [2.75, 3.05) is 0 Å². The van der Waals surface area contributed by atoms with Crippen LogP contribution in [-0.2, 0) is 0 Å². The summed E-state index contributed by atoms with van der Waals surface area (Å²) in [7, 11) is 0. The van der Waals surface area contributed by atoms with Crippen LogP contribution in [0, 0.1) is 0 Å². The molecule has 0 unspecified atom stereocenters. The summed E-state index contributed by atoms with van der Waals surface area (Å²) in [6.07, 6.45) is -0.807. The number of fused-ring (bicyclic) bond motifs is 1. The summed E-state index contributed by atoms with van der Waals surface area (Å²) in [5.41, 5.74) is 6.04. The third kappa shape index (κ3) is 4.81. The number of hydrogen-bond donors (Lipinski definition) is 2. The molecule has 0 aliphatic rings. The lowest BCUT2D eigenvalue weighted by Gasteiger charge is -2.20. The Hall–Kier alpha value is -4.35. The number of carbonyl (C=O) groups is 1. The molecule has 5 nitrogen and oxygen atoms in total. The monoisotopic (exact) mass is 459 g/mol. The van der Waals surface area contributed by atoms with E-state index >= 15 is 0 Å². The quantitative estimate of drug-likeness (QED) is 0.336. The van der Waals surface area contributed by atoms with Gasteiger partial charge in [0, 0.05) is 16.7 Å². The number of amides is 1. The minimum absolute atomic E-state index is 0.274.